The monoisotopic (exact) mass is 353 g/mol. The van der Waals surface area contributed by atoms with Gasteiger partial charge < -0.3 is 24.8 Å². The van der Waals surface area contributed by atoms with Gasteiger partial charge in [-0.15, -0.1) is 0 Å². The number of nitrogens with zero attached hydrogens (tertiary/aromatic N) is 2. The molecule has 1 fully saturated rings. The number of ether oxygens (including phenoxy) is 3. The van der Waals surface area contributed by atoms with Crippen LogP contribution < -0.4 is 15.2 Å². The van der Waals surface area contributed by atoms with Gasteiger partial charge in [0.1, 0.15) is 12.2 Å². The van der Waals surface area contributed by atoms with Crippen molar-refractivity contribution in [2.75, 3.05) is 47.1 Å². The Kier molecular flexibility index (Phi) is 6.54. The van der Waals surface area contributed by atoms with Gasteiger partial charge in [-0.25, -0.2) is 0 Å². The molecule has 2 N–H and O–H groups in total. The van der Waals surface area contributed by atoms with Crippen molar-refractivity contribution < 1.29 is 23.9 Å². The fraction of sp³-hybridized carbons (Fsp3) is 0.562. The Hall–Kier alpha value is -2.39. The molecular weight excluding hydrogens is 330 g/mol. The van der Waals surface area contributed by atoms with E-state index < -0.39 is 10.8 Å². The summed E-state index contributed by atoms with van der Waals surface area (Å²) in [6.45, 7) is 2.06. The van der Waals surface area contributed by atoms with E-state index in [4.69, 9.17) is 19.9 Å². The summed E-state index contributed by atoms with van der Waals surface area (Å²) in [6.07, 6.45) is 0.797. The lowest BCUT2D eigenvalue weighted by Gasteiger charge is -2.18. The predicted octanol–water partition coefficient (Wildman–Crippen LogP) is 1.05. The number of nitro groups is 1. The van der Waals surface area contributed by atoms with Gasteiger partial charge in [0.15, 0.2) is 11.5 Å². The summed E-state index contributed by atoms with van der Waals surface area (Å²) in [5.74, 6) is 0.287. The summed E-state index contributed by atoms with van der Waals surface area (Å²) < 4.78 is 15.6. The quantitative estimate of drug-likeness (QED) is 0.422. The Morgan fingerprint density at radius 1 is 1.36 bits per heavy atom. The first-order valence-electron chi connectivity index (χ1n) is 7.99. The molecule has 9 heteroatoms. The Bertz CT molecular complexity index is 637. The van der Waals surface area contributed by atoms with Gasteiger partial charge in [-0.2, -0.15) is 0 Å². The van der Waals surface area contributed by atoms with Crippen LogP contribution in [0.1, 0.15) is 16.8 Å². The Balaban J connectivity index is 2.32. The number of hydrogen-bond donors (Lipinski definition) is 1. The molecular formula is C16H23N3O6. The molecule has 1 saturated heterocycles. The van der Waals surface area contributed by atoms with E-state index in [1.54, 1.807) is 4.90 Å². The van der Waals surface area contributed by atoms with Gasteiger partial charge >= 0.3 is 0 Å². The molecule has 25 heavy (non-hydrogen) atoms. The Morgan fingerprint density at radius 3 is 2.68 bits per heavy atom. The fourth-order valence-electron chi connectivity index (χ4n) is 2.76. The number of methoxy groups -OCH3 is 2. The highest BCUT2D eigenvalue weighted by Crippen LogP contribution is 2.36. The first kappa shape index (κ1) is 18.9. The largest absolute Gasteiger partial charge is 0.493 e. The molecule has 9 nitrogen and oxygen atoms in total. The molecule has 0 spiro atoms. The Labute approximate surface area is 145 Å². The summed E-state index contributed by atoms with van der Waals surface area (Å²) in [5.41, 5.74) is 5.32. The molecule has 1 aliphatic heterocycles. The maximum absolute atomic E-state index is 12.7. The van der Waals surface area contributed by atoms with Gasteiger partial charge in [-0.3, -0.25) is 14.9 Å². The van der Waals surface area contributed by atoms with Crippen LogP contribution in [0.5, 0.6) is 11.5 Å². The average Bonchev–Trinajstić information content (AvgIpc) is 3.10. The van der Waals surface area contributed by atoms with Crippen molar-refractivity contribution >= 4 is 11.6 Å². The maximum Gasteiger partial charge on any atom is 0.286 e. The number of likely N-dealkylation sites (tertiary alicyclic amines) is 1. The van der Waals surface area contributed by atoms with Crippen LogP contribution in [0.2, 0.25) is 0 Å². The third-order valence-corrected chi connectivity index (χ3v) is 4.16. The molecule has 138 valence electrons. The lowest BCUT2D eigenvalue weighted by atomic mass is 10.1. The molecule has 2 rings (SSSR count). The van der Waals surface area contributed by atoms with Crippen LogP contribution in [0.15, 0.2) is 12.1 Å². The summed E-state index contributed by atoms with van der Waals surface area (Å²) in [7, 11) is 2.94. The first-order chi connectivity index (χ1) is 12.0. The second kappa shape index (κ2) is 8.63. The van der Waals surface area contributed by atoms with Crippen molar-refractivity contribution in [2.45, 2.75) is 6.42 Å². The van der Waals surface area contributed by atoms with E-state index in [9.17, 15) is 14.9 Å². The molecule has 1 heterocycles. The average molecular weight is 353 g/mol. The summed E-state index contributed by atoms with van der Waals surface area (Å²) in [6, 6.07) is 2.58. The number of carbonyl (C=O) groups is 1. The number of carbonyl (C=O) groups excluding carboxylic acids is 1. The first-order valence-corrected chi connectivity index (χ1v) is 7.99. The van der Waals surface area contributed by atoms with E-state index in [1.165, 1.54) is 26.4 Å². The standard InChI is InChI=1S/C16H23N3O6/c1-23-5-6-25-15-8-13(19(21)22)12(7-14(15)24-2)16(20)18-4-3-11(9-17)10-18/h7-8,11H,3-6,9-10,17H2,1-2H3. The number of hydrogen-bond acceptors (Lipinski definition) is 7. The Morgan fingerprint density at radius 2 is 2.12 bits per heavy atom. The van der Waals surface area contributed by atoms with E-state index in [1.807, 2.05) is 0 Å². The molecule has 1 aromatic rings. The minimum Gasteiger partial charge on any atom is -0.493 e. The molecule has 1 aliphatic rings. The number of amides is 1. The van der Waals surface area contributed by atoms with Crippen molar-refractivity contribution in [3.8, 4) is 11.5 Å². The van der Waals surface area contributed by atoms with Crippen molar-refractivity contribution in [1.82, 2.24) is 4.90 Å². The lowest BCUT2D eigenvalue weighted by molar-refractivity contribution is -0.385. The third kappa shape index (κ3) is 4.37. The molecule has 0 aliphatic carbocycles. The second-order valence-electron chi connectivity index (χ2n) is 5.76. The molecule has 1 aromatic carbocycles. The van der Waals surface area contributed by atoms with Crippen LogP contribution in [-0.4, -0.2) is 62.8 Å². The van der Waals surface area contributed by atoms with E-state index >= 15 is 0 Å². The zero-order valence-electron chi connectivity index (χ0n) is 14.4. The van der Waals surface area contributed by atoms with Crippen LogP contribution in [0.3, 0.4) is 0 Å². The van der Waals surface area contributed by atoms with Gasteiger partial charge in [0.05, 0.1) is 24.7 Å². The summed E-state index contributed by atoms with van der Waals surface area (Å²) in [4.78, 5) is 25.2. The normalized spacial score (nSPS) is 16.8. The number of benzene rings is 1. The third-order valence-electron chi connectivity index (χ3n) is 4.16. The van der Waals surface area contributed by atoms with Gasteiger partial charge in [0, 0.05) is 26.3 Å². The van der Waals surface area contributed by atoms with Gasteiger partial charge in [0.25, 0.3) is 11.6 Å². The van der Waals surface area contributed by atoms with Gasteiger partial charge in [-0.1, -0.05) is 0 Å². The summed E-state index contributed by atoms with van der Waals surface area (Å²) in [5, 5.41) is 11.4. The fourth-order valence-corrected chi connectivity index (χ4v) is 2.76. The second-order valence-corrected chi connectivity index (χ2v) is 5.76. The van der Waals surface area contributed by atoms with Crippen molar-refractivity contribution in [1.29, 1.82) is 0 Å². The predicted molar refractivity (Wildman–Crippen MR) is 90.1 cm³/mol. The van der Waals surface area contributed by atoms with Crippen LogP contribution in [-0.2, 0) is 4.74 Å². The minimum absolute atomic E-state index is 0.0152. The van der Waals surface area contributed by atoms with Crippen LogP contribution in [0.4, 0.5) is 5.69 Å². The van der Waals surface area contributed by atoms with Crippen molar-refractivity contribution in [2.24, 2.45) is 11.7 Å². The van der Waals surface area contributed by atoms with Gasteiger partial charge in [-0.05, 0) is 18.9 Å². The smallest absolute Gasteiger partial charge is 0.286 e. The summed E-state index contributed by atoms with van der Waals surface area (Å²) >= 11 is 0. The highest BCUT2D eigenvalue weighted by atomic mass is 16.6. The molecule has 0 aromatic heterocycles. The molecule has 0 bridgehead atoms. The zero-order chi connectivity index (χ0) is 18.4. The number of rotatable bonds is 8. The van der Waals surface area contributed by atoms with E-state index in [2.05, 4.69) is 0 Å². The molecule has 1 unspecified atom stereocenters. The molecule has 1 amide bonds. The molecule has 0 radical (unpaired) electrons. The van der Waals surface area contributed by atoms with Crippen LogP contribution >= 0.6 is 0 Å². The number of nitrogens with two attached hydrogens (primary N) is 1. The maximum atomic E-state index is 12.7. The topological polar surface area (TPSA) is 117 Å². The van der Waals surface area contributed by atoms with Crippen LogP contribution in [0.25, 0.3) is 0 Å². The zero-order valence-corrected chi connectivity index (χ0v) is 14.4. The highest BCUT2D eigenvalue weighted by Gasteiger charge is 2.32. The van der Waals surface area contributed by atoms with Crippen molar-refractivity contribution in [3.63, 3.8) is 0 Å². The highest BCUT2D eigenvalue weighted by molar-refractivity contribution is 5.99. The van der Waals surface area contributed by atoms with E-state index in [-0.39, 0.29) is 35.3 Å². The number of nitro benzene ring substituents is 1. The lowest BCUT2D eigenvalue weighted by Crippen LogP contribution is -2.30. The van der Waals surface area contributed by atoms with Crippen molar-refractivity contribution in [3.05, 3.63) is 27.8 Å². The minimum atomic E-state index is -0.591. The molecule has 1 atom stereocenters. The molecule has 0 saturated carbocycles. The van der Waals surface area contributed by atoms with Crippen LogP contribution in [0, 0.1) is 16.0 Å². The SMILES string of the molecule is COCCOc1cc([N+](=O)[O-])c(C(=O)N2CCC(CN)C2)cc1OC. The van der Waals surface area contributed by atoms with E-state index in [0.29, 0.717) is 26.2 Å². The van der Waals surface area contributed by atoms with E-state index in [0.717, 1.165) is 6.42 Å². The van der Waals surface area contributed by atoms with Gasteiger partial charge in [0.2, 0.25) is 0 Å².